The Morgan fingerprint density at radius 3 is 2.41 bits per heavy atom. The Hall–Kier alpha value is -1.53. The van der Waals surface area contributed by atoms with Crippen molar-refractivity contribution in [2.24, 2.45) is 5.92 Å². The summed E-state index contributed by atoms with van der Waals surface area (Å²) in [4.78, 5) is 23.9. The molecule has 2 aromatic rings. The van der Waals surface area contributed by atoms with Crippen molar-refractivity contribution in [3.05, 3.63) is 62.9 Å². The molecule has 142 valence electrons. The highest BCUT2D eigenvalue weighted by Crippen LogP contribution is 2.65. The van der Waals surface area contributed by atoms with E-state index in [2.05, 4.69) is 5.32 Å². The van der Waals surface area contributed by atoms with Gasteiger partial charge in [-0.3, -0.25) is 4.79 Å². The van der Waals surface area contributed by atoms with Crippen LogP contribution in [-0.4, -0.2) is 21.3 Å². The fourth-order valence-corrected chi connectivity index (χ4v) is 4.20. The lowest BCUT2D eigenvalue weighted by molar-refractivity contribution is -0.117. The highest BCUT2D eigenvalue weighted by atomic mass is 35.5. The van der Waals surface area contributed by atoms with E-state index in [0.29, 0.717) is 11.1 Å². The molecule has 0 heterocycles. The Morgan fingerprint density at radius 2 is 1.81 bits per heavy atom. The molecule has 4 nitrogen and oxygen atoms in total. The van der Waals surface area contributed by atoms with Crippen molar-refractivity contribution in [3.63, 3.8) is 0 Å². The second kappa shape index (κ2) is 7.13. The third kappa shape index (κ3) is 3.74. The van der Waals surface area contributed by atoms with Crippen LogP contribution in [0.25, 0.3) is 0 Å². The molecular weight excluding hydrogens is 439 g/mol. The minimum absolute atomic E-state index is 0.0292. The normalized spacial score (nSPS) is 20.2. The maximum Gasteiger partial charge on any atom is 0.336 e. The summed E-state index contributed by atoms with van der Waals surface area (Å²) >= 11 is 24.3. The number of anilines is 1. The SMILES string of the molecule is Cc1c(Cl)cc(NC(=O)[C@H]2[C@H](c3ccc(F)c(Cl)c3)C2(Cl)Cl)cc1C(=O)O. The molecule has 0 saturated heterocycles. The maximum absolute atomic E-state index is 13.4. The third-order valence-corrected chi connectivity index (χ3v) is 6.10. The van der Waals surface area contributed by atoms with Gasteiger partial charge in [0.15, 0.2) is 0 Å². The van der Waals surface area contributed by atoms with Crippen LogP contribution in [-0.2, 0) is 4.79 Å². The summed E-state index contributed by atoms with van der Waals surface area (Å²) < 4.78 is 12.0. The number of nitrogens with one attached hydrogen (secondary N) is 1. The first-order valence-electron chi connectivity index (χ1n) is 7.71. The molecule has 0 spiro atoms. The van der Waals surface area contributed by atoms with E-state index in [0.717, 1.165) is 0 Å². The molecule has 0 aliphatic heterocycles. The number of carboxylic acids is 1. The lowest BCUT2D eigenvalue weighted by Crippen LogP contribution is -2.17. The topological polar surface area (TPSA) is 66.4 Å². The number of benzene rings is 2. The van der Waals surface area contributed by atoms with E-state index in [9.17, 15) is 19.1 Å². The van der Waals surface area contributed by atoms with Gasteiger partial charge < -0.3 is 10.4 Å². The van der Waals surface area contributed by atoms with Gasteiger partial charge in [0, 0.05) is 16.6 Å². The second-order valence-electron chi connectivity index (χ2n) is 6.23. The fraction of sp³-hybridized carbons (Fsp3) is 0.222. The molecule has 0 bridgehead atoms. The maximum atomic E-state index is 13.4. The van der Waals surface area contributed by atoms with Crippen molar-refractivity contribution in [1.82, 2.24) is 0 Å². The van der Waals surface area contributed by atoms with Crippen LogP contribution in [0.4, 0.5) is 10.1 Å². The van der Waals surface area contributed by atoms with Crippen molar-refractivity contribution in [1.29, 1.82) is 0 Å². The van der Waals surface area contributed by atoms with Gasteiger partial charge in [-0.1, -0.05) is 29.3 Å². The number of halogens is 5. The van der Waals surface area contributed by atoms with Crippen molar-refractivity contribution >= 4 is 64.0 Å². The molecule has 1 amide bonds. The summed E-state index contributed by atoms with van der Waals surface area (Å²) in [6.45, 7) is 1.56. The largest absolute Gasteiger partial charge is 0.478 e. The van der Waals surface area contributed by atoms with E-state index in [1.165, 1.54) is 30.3 Å². The Balaban J connectivity index is 1.84. The summed E-state index contributed by atoms with van der Waals surface area (Å²) in [5.41, 5.74) is 1.09. The summed E-state index contributed by atoms with van der Waals surface area (Å²) in [7, 11) is 0. The fourth-order valence-electron chi connectivity index (χ4n) is 2.97. The molecule has 0 unspecified atom stereocenters. The minimum atomic E-state index is -1.39. The van der Waals surface area contributed by atoms with Gasteiger partial charge in [-0.05, 0) is 42.3 Å². The van der Waals surface area contributed by atoms with E-state index >= 15 is 0 Å². The lowest BCUT2D eigenvalue weighted by atomic mass is 10.1. The van der Waals surface area contributed by atoms with Crippen LogP contribution in [0.15, 0.2) is 30.3 Å². The molecule has 1 saturated carbocycles. The smallest absolute Gasteiger partial charge is 0.336 e. The number of alkyl halides is 2. The molecule has 1 fully saturated rings. The van der Waals surface area contributed by atoms with E-state index in [4.69, 9.17) is 46.4 Å². The highest BCUT2D eigenvalue weighted by Gasteiger charge is 2.67. The zero-order chi connectivity index (χ0) is 20.1. The zero-order valence-corrected chi connectivity index (χ0v) is 16.7. The van der Waals surface area contributed by atoms with E-state index < -0.39 is 33.9 Å². The molecule has 3 rings (SSSR count). The zero-order valence-electron chi connectivity index (χ0n) is 13.7. The predicted octanol–water partition coefficient (Wildman–Crippen LogP) is 5.67. The Labute approximate surface area is 174 Å². The molecule has 9 heteroatoms. The van der Waals surface area contributed by atoms with Gasteiger partial charge in [0.1, 0.15) is 10.2 Å². The molecule has 2 N–H and O–H groups in total. The lowest BCUT2D eigenvalue weighted by Gasteiger charge is -2.10. The van der Waals surface area contributed by atoms with E-state index in [1.54, 1.807) is 6.92 Å². The number of carboxylic acid groups (broad SMARTS) is 1. The average Bonchev–Trinajstić information content (AvgIpc) is 3.15. The van der Waals surface area contributed by atoms with Gasteiger partial charge >= 0.3 is 5.97 Å². The van der Waals surface area contributed by atoms with Gasteiger partial charge in [-0.2, -0.15) is 0 Å². The monoisotopic (exact) mass is 449 g/mol. The number of rotatable bonds is 4. The average molecular weight is 451 g/mol. The molecule has 0 aromatic heterocycles. The first kappa shape index (κ1) is 20.2. The van der Waals surface area contributed by atoms with Gasteiger partial charge in [0.25, 0.3) is 0 Å². The van der Waals surface area contributed by atoms with Crippen molar-refractivity contribution < 1.29 is 19.1 Å². The van der Waals surface area contributed by atoms with Crippen LogP contribution < -0.4 is 5.32 Å². The molecular formula is C18H12Cl4FNO3. The predicted molar refractivity (Wildman–Crippen MR) is 104 cm³/mol. The second-order valence-corrected chi connectivity index (χ2v) is 8.49. The van der Waals surface area contributed by atoms with Crippen LogP contribution in [0, 0.1) is 18.7 Å². The van der Waals surface area contributed by atoms with Crippen molar-refractivity contribution in [2.45, 2.75) is 17.2 Å². The number of carbonyl (C=O) groups excluding carboxylic acids is 1. The highest BCUT2D eigenvalue weighted by molar-refractivity contribution is 6.53. The van der Waals surface area contributed by atoms with E-state index in [1.807, 2.05) is 0 Å². The Bertz CT molecular complexity index is 964. The standard InChI is InChI=1S/C18H12Cl4FNO3/c1-7-10(17(26)27)5-9(6-11(7)19)24-16(25)15-14(18(15,21)22)8-2-3-13(23)12(20)4-8/h2-6,14-15H,1H3,(H,24,25)(H,26,27)/t14-,15+/m0/s1. The Morgan fingerprint density at radius 1 is 1.15 bits per heavy atom. The molecule has 1 aliphatic rings. The number of aromatic carboxylic acids is 1. The van der Waals surface area contributed by atoms with Gasteiger partial charge in [-0.15, -0.1) is 23.2 Å². The molecule has 2 atom stereocenters. The summed E-state index contributed by atoms with van der Waals surface area (Å²) in [6.07, 6.45) is 0. The van der Waals surface area contributed by atoms with Crippen molar-refractivity contribution in [3.8, 4) is 0 Å². The summed E-state index contributed by atoms with van der Waals surface area (Å²) in [5, 5.41) is 11.9. The molecule has 0 radical (unpaired) electrons. The third-order valence-electron chi connectivity index (χ3n) is 4.48. The van der Waals surface area contributed by atoms with E-state index in [-0.39, 0.29) is 21.3 Å². The van der Waals surface area contributed by atoms with Gasteiger partial charge in [0.2, 0.25) is 5.91 Å². The minimum Gasteiger partial charge on any atom is -0.478 e. The number of carbonyl (C=O) groups is 2. The van der Waals surface area contributed by atoms with Crippen molar-refractivity contribution in [2.75, 3.05) is 5.32 Å². The van der Waals surface area contributed by atoms with Gasteiger partial charge in [-0.25, -0.2) is 9.18 Å². The summed E-state index contributed by atoms with van der Waals surface area (Å²) in [5.74, 6) is -3.68. The van der Waals surface area contributed by atoms with Crippen LogP contribution in [0.3, 0.4) is 0 Å². The first-order valence-corrected chi connectivity index (χ1v) is 9.22. The molecule has 27 heavy (non-hydrogen) atoms. The summed E-state index contributed by atoms with van der Waals surface area (Å²) in [6, 6.07) is 6.76. The quantitative estimate of drug-likeness (QED) is 0.590. The number of hydrogen-bond donors (Lipinski definition) is 2. The first-order chi connectivity index (χ1) is 12.5. The Kier molecular flexibility index (Phi) is 5.34. The van der Waals surface area contributed by atoms with Gasteiger partial charge in [0.05, 0.1) is 16.5 Å². The van der Waals surface area contributed by atoms with Crippen LogP contribution in [0.2, 0.25) is 10.0 Å². The molecule has 2 aromatic carbocycles. The molecule has 1 aliphatic carbocycles. The van der Waals surface area contributed by atoms with Crippen LogP contribution >= 0.6 is 46.4 Å². The van der Waals surface area contributed by atoms with Crippen LogP contribution in [0.5, 0.6) is 0 Å². The number of amides is 1. The van der Waals surface area contributed by atoms with Crippen LogP contribution in [0.1, 0.15) is 27.4 Å². The number of hydrogen-bond acceptors (Lipinski definition) is 2.